The number of nitrogens with one attached hydrogen (secondary N) is 1. The number of aryl methyl sites for hydroxylation is 2. The highest BCUT2D eigenvalue weighted by atomic mass is 32.2. The molecule has 4 rings (SSSR count). The summed E-state index contributed by atoms with van der Waals surface area (Å²) in [6.07, 6.45) is 6.26. The van der Waals surface area contributed by atoms with Gasteiger partial charge in [-0.15, -0.1) is 5.10 Å². The molecule has 8 nitrogen and oxygen atoms in total. The third kappa shape index (κ3) is 4.16. The van der Waals surface area contributed by atoms with Crippen LogP contribution in [0, 0.1) is 13.8 Å². The highest BCUT2D eigenvalue weighted by Crippen LogP contribution is 2.25. The molecule has 1 aliphatic rings. The molecule has 3 aromatic rings. The number of thioether (sulfide) groups is 1. The Morgan fingerprint density at radius 1 is 1.31 bits per heavy atom. The van der Waals surface area contributed by atoms with Crippen molar-refractivity contribution in [1.29, 1.82) is 0 Å². The molecule has 0 aliphatic carbocycles. The van der Waals surface area contributed by atoms with Crippen molar-refractivity contribution in [3.63, 3.8) is 0 Å². The number of aromatic nitrogens is 4. The highest BCUT2D eigenvalue weighted by Gasteiger charge is 2.26. The van der Waals surface area contributed by atoms with Gasteiger partial charge in [-0.1, -0.05) is 11.8 Å². The highest BCUT2D eigenvalue weighted by molar-refractivity contribution is 7.98. The van der Waals surface area contributed by atoms with E-state index in [1.807, 2.05) is 32.2 Å². The Morgan fingerprint density at radius 3 is 2.79 bits per heavy atom. The summed E-state index contributed by atoms with van der Waals surface area (Å²) in [6.45, 7) is 6.46. The standard InChI is InChI=1S/C20H26N6O2S/c1-13-15(14(2)26-19(22-13)23-20(24-26)29-3)11-18(27)21-12-16(17-7-6-10-28-17)25-8-4-5-9-25/h6-7,10,16H,4-5,8-9,11-12H2,1-3H3,(H,21,27)/t16-/m0/s1. The van der Waals surface area contributed by atoms with E-state index < -0.39 is 0 Å². The lowest BCUT2D eigenvalue weighted by atomic mass is 10.1. The number of fused-ring (bicyclic) bond motifs is 1. The molecule has 0 saturated carbocycles. The molecule has 0 radical (unpaired) electrons. The maximum atomic E-state index is 12.8. The summed E-state index contributed by atoms with van der Waals surface area (Å²) < 4.78 is 7.35. The lowest BCUT2D eigenvalue weighted by Crippen LogP contribution is -2.37. The van der Waals surface area contributed by atoms with Gasteiger partial charge >= 0.3 is 0 Å². The Kier molecular flexibility index (Phi) is 5.86. The second kappa shape index (κ2) is 8.54. The second-order valence-electron chi connectivity index (χ2n) is 7.33. The van der Waals surface area contributed by atoms with Crippen LogP contribution in [0.15, 0.2) is 28.0 Å². The molecule has 1 atom stereocenters. The number of nitrogens with zero attached hydrogens (tertiary/aromatic N) is 5. The second-order valence-corrected chi connectivity index (χ2v) is 8.10. The van der Waals surface area contributed by atoms with Crippen molar-refractivity contribution >= 4 is 23.4 Å². The maximum absolute atomic E-state index is 12.8. The van der Waals surface area contributed by atoms with Gasteiger partial charge in [0.15, 0.2) is 0 Å². The molecule has 1 aliphatic heterocycles. The van der Waals surface area contributed by atoms with E-state index in [4.69, 9.17) is 4.42 Å². The summed E-state index contributed by atoms with van der Waals surface area (Å²) in [4.78, 5) is 24.1. The van der Waals surface area contributed by atoms with Gasteiger partial charge in [0.1, 0.15) is 5.76 Å². The molecule has 29 heavy (non-hydrogen) atoms. The molecule has 1 amide bonds. The Balaban J connectivity index is 1.47. The molecule has 3 aromatic heterocycles. The number of hydrogen-bond donors (Lipinski definition) is 1. The van der Waals surface area contributed by atoms with Crippen molar-refractivity contribution in [2.45, 2.75) is 44.3 Å². The van der Waals surface area contributed by atoms with E-state index in [1.165, 1.54) is 24.6 Å². The predicted octanol–water partition coefficient (Wildman–Crippen LogP) is 2.55. The topological polar surface area (TPSA) is 88.6 Å². The zero-order chi connectivity index (χ0) is 20.4. The summed E-state index contributed by atoms with van der Waals surface area (Å²) in [5.41, 5.74) is 2.60. The van der Waals surface area contributed by atoms with Crippen LogP contribution in [0.5, 0.6) is 0 Å². The number of furan rings is 1. The van der Waals surface area contributed by atoms with E-state index >= 15 is 0 Å². The predicted molar refractivity (Wildman–Crippen MR) is 111 cm³/mol. The van der Waals surface area contributed by atoms with Crippen molar-refractivity contribution in [2.24, 2.45) is 0 Å². The van der Waals surface area contributed by atoms with Crippen LogP contribution in [0.25, 0.3) is 5.78 Å². The van der Waals surface area contributed by atoms with Crippen LogP contribution in [0.2, 0.25) is 0 Å². The van der Waals surface area contributed by atoms with Crippen molar-refractivity contribution < 1.29 is 9.21 Å². The Labute approximate surface area is 174 Å². The minimum absolute atomic E-state index is 0.0293. The zero-order valence-electron chi connectivity index (χ0n) is 17.0. The first-order valence-electron chi connectivity index (χ1n) is 9.88. The first kappa shape index (κ1) is 19.9. The number of amides is 1. The van der Waals surface area contributed by atoms with Crippen molar-refractivity contribution in [3.8, 4) is 0 Å². The van der Waals surface area contributed by atoms with E-state index in [1.54, 1.807) is 10.8 Å². The molecule has 0 unspecified atom stereocenters. The molecule has 0 aromatic carbocycles. The average Bonchev–Trinajstić information content (AvgIpc) is 3.46. The third-order valence-corrected chi connectivity index (χ3v) is 6.03. The molecule has 4 heterocycles. The number of carbonyl (C=O) groups is 1. The van der Waals surface area contributed by atoms with Crippen molar-refractivity contribution in [3.05, 3.63) is 41.1 Å². The first-order chi connectivity index (χ1) is 14.1. The summed E-state index contributed by atoms with van der Waals surface area (Å²) in [5, 5.41) is 8.23. The summed E-state index contributed by atoms with van der Waals surface area (Å²) >= 11 is 1.47. The minimum atomic E-state index is -0.0293. The van der Waals surface area contributed by atoms with E-state index in [9.17, 15) is 4.79 Å². The minimum Gasteiger partial charge on any atom is -0.468 e. The first-order valence-corrected chi connectivity index (χ1v) is 11.1. The smallest absolute Gasteiger partial charge is 0.253 e. The van der Waals surface area contributed by atoms with Gasteiger partial charge in [0.2, 0.25) is 11.1 Å². The number of rotatable bonds is 7. The molecule has 154 valence electrons. The SMILES string of the molecule is CSc1nc2nc(C)c(CC(=O)NC[C@@H](c3ccco3)N3CCCC3)c(C)n2n1. The van der Waals surface area contributed by atoms with Gasteiger partial charge in [0, 0.05) is 23.5 Å². The fourth-order valence-electron chi connectivity index (χ4n) is 3.91. The average molecular weight is 415 g/mol. The number of hydrogen-bond acceptors (Lipinski definition) is 7. The Bertz CT molecular complexity index is 994. The quantitative estimate of drug-likeness (QED) is 0.594. The number of carbonyl (C=O) groups excluding carboxylic acids is 1. The molecular formula is C20H26N6O2S. The van der Waals surface area contributed by atoms with Crippen LogP contribution in [0.3, 0.4) is 0 Å². The van der Waals surface area contributed by atoms with Crippen LogP contribution in [-0.4, -0.2) is 56.3 Å². The van der Waals surface area contributed by atoms with Gasteiger partial charge in [-0.2, -0.15) is 4.98 Å². The normalized spacial score (nSPS) is 15.8. The third-order valence-electron chi connectivity index (χ3n) is 5.50. The Morgan fingerprint density at radius 2 is 2.10 bits per heavy atom. The molecule has 1 saturated heterocycles. The molecule has 0 spiro atoms. The van der Waals surface area contributed by atoms with E-state index in [0.29, 0.717) is 17.5 Å². The summed E-state index contributed by atoms with van der Waals surface area (Å²) in [5.74, 6) is 1.44. The van der Waals surface area contributed by atoms with Gasteiger partial charge in [0.25, 0.3) is 5.78 Å². The monoisotopic (exact) mass is 414 g/mol. The lowest BCUT2D eigenvalue weighted by Gasteiger charge is -2.26. The lowest BCUT2D eigenvalue weighted by molar-refractivity contribution is -0.120. The van der Waals surface area contributed by atoms with Gasteiger partial charge in [-0.05, 0) is 58.2 Å². The maximum Gasteiger partial charge on any atom is 0.253 e. The summed E-state index contributed by atoms with van der Waals surface area (Å²) in [6, 6.07) is 3.95. The van der Waals surface area contributed by atoms with Crippen molar-refractivity contribution in [1.82, 2.24) is 29.8 Å². The largest absolute Gasteiger partial charge is 0.468 e. The summed E-state index contributed by atoms with van der Waals surface area (Å²) in [7, 11) is 0. The zero-order valence-corrected chi connectivity index (χ0v) is 17.8. The van der Waals surface area contributed by atoms with Gasteiger partial charge in [-0.3, -0.25) is 9.69 Å². The molecular weight excluding hydrogens is 388 g/mol. The Hall–Kier alpha value is -2.39. The van der Waals surface area contributed by atoms with Crippen LogP contribution in [0.1, 0.15) is 41.6 Å². The molecule has 1 N–H and O–H groups in total. The van der Waals surface area contributed by atoms with Crippen LogP contribution >= 0.6 is 11.8 Å². The van der Waals surface area contributed by atoms with E-state index in [0.717, 1.165) is 35.8 Å². The van der Waals surface area contributed by atoms with Gasteiger partial charge in [-0.25, -0.2) is 9.50 Å². The fourth-order valence-corrected chi connectivity index (χ4v) is 4.25. The van der Waals surface area contributed by atoms with E-state index in [-0.39, 0.29) is 18.4 Å². The molecule has 1 fully saturated rings. The van der Waals surface area contributed by atoms with Gasteiger partial charge in [0.05, 0.1) is 18.7 Å². The fraction of sp³-hybridized carbons (Fsp3) is 0.500. The van der Waals surface area contributed by atoms with Crippen LogP contribution < -0.4 is 5.32 Å². The molecule has 0 bridgehead atoms. The van der Waals surface area contributed by atoms with Crippen LogP contribution in [-0.2, 0) is 11.2 Å². The van der Waals surface area contributed by atoms with Gasteiger partial charge < -0.3 is 9.73 Å². The van der Waals surface area contributed by atoms with Crippen LogP contribution in [0.4, 0.5) is 0 Å². The van der Waals surface area contributed by atoms with Crippen molar-refractivity contribution in [2.75, 3.05) is 25.9 Å². The number of likely N-dealkylation sites (tertiary alicyclic amines) is 1. The van der Waals surface area contributed by atoms with E-state index in [2.05, 4.69) is 25.3 Å². The molecule has 9 heteroatoms.